The molecule has 1 aliphatic heterocycles. The van der Waals surface area contributed by atoms with E-state index in [4.69, 9.17) is 9.84 Å². The maximum absolute atomic E-state index is 10.8. The van der Waals surface area contributed by atoms with Crippen molar-refractivity contribution < 1.29 is 34.9 Å². The summed E-state index contributed by atoms with van der Waals surface area (Å²) in [5, 5.41) is 8.87. The van der Waals surface area contributed by atoms with Crippen LogP contribution < -0.4 is 18.9 Å². The van der Waals surface area contributed by atoms with Gasteiger partial charge >= 0.3 is 24.8 Å². The largest absolute Gasteiger partial charge is 1.00 e. The number of carboxylic acids is 1. The second-order valence-corrected chi connectivity index (χ2v) is 3.92. The second-order valence-electron chi connectivity index (χ2n) is 3.92. The molecule has 1 N–H and O–H groups in total. The van der Waals surface area contributed by atoms with Gasteiger partial charge in [0, 0.05) is 19.6 Å². The molecule has 1 fully saturated rings. The van der Waals surface area contributed by atoms with Crippen LogP contribution in [0.25, 0.3) is 0 Å². The van der Waals surface area contributed by atoms with Gasteiger partial charge in [-0.15, -0.1) is 0 Å². The molecule has 0 spiro atoms. The van der Waals surface area contributed by atoms with Crippen molar-refractivity contribution in [1.29, 1.82) is 0 Å². The molecule has 0 radical (unpaired) electrons. The molecule has 1 aliphatic rings. The van der Waals surface area contributed by atoms with Gasteiger partial charge in [-0.1, -0.05) is 30.3 Å². The fraction of sp³-hybridized carbons (Fsp3) is 0.417. The maximum atomic E-state index is 10.8. The van der Waals surface area contributed by atoms with E-state index in [-0.39, 0.29) is 20.3 Å². The smallest absolute Gasteiger partial charge is 1.00 e. The molecule has 1 aromatic carbocycles. The van der Waals surface area contributed by atoms with Crippen molar-refractivity contribution in [3.05, 3.63) is 35.9 Å². The third-order valence-electron chi connectivity index (χ3n) is 2.68. The van der Waals surface area contributed by atoms with E-state index in [2.05, 4.69) is 4.90 Å². The predicted octanol–water partition coefficient (Wildman–Crippen LogP) is -1.91. The number of hydrogen-bond acceptors (Lipinski definition) is 3. The molecular formula is C12H16LiNO3. The van der Waals surface area contributed by atoms with Gasteiger partial charge in [0.25, 0.3) is 0 Å². The number of morpholine rings is 1. The fourth-order valence-corrected chi connectivity index (χ4v) is 1.84. The number of carbonyl (C=O) groups is 1. The SMILES string of the molecule is O=C(O)C1CN(Cc2ccccc2)CCO1.[H-].[Li+]. The van der Waals surface area contributed by atoms with E-state index in [9.17, 15) is 4.79 Å². The average molecular weight is 229 g/mol. The Morgan fingerprint density at radius 2 is 2.18 bits per heavy atom. The maximum Gasteiger partial charge on any atom is 1.00 e. The summed E-state index contributed by atoms with van der Waals surface area (Å²) in [4.78, 5) is 12.9. The zero-order valence-electron chi connectivity index (χ0n) is 11.0. The molecule has 2 rings (SSSR count). The molecule has 17 heavy (non-hydrogen) atoms. The molecule has 1 saturated heterocycles. The standard InChI is InChI=1S/C12H15NO3.Li.H/c14-12(15)11-9-13(6-7-16-11)8-10-4-2-1-3-5-10;;/h1-5,11H,6-9H2,(H,14,15);;/q;+1;-1. The van der Waals surface area contributed by atoms with Crippen LogP contribution in [-0.2, 0) is 16.1 Å². The summed E-state index contributed by atoms with van der Waals surface area (Å²) in [6.07, 6.45) is -0.683. The molecule has 1 heterocycles. The van der Waals surface area contributed by atoms with Crippen molar-refractivity contribution in [3.8, 4) is 0 Å². The number of rotatable bonds is 3. The molecule has 88 valence electrons. The first-order valence-electron chi connectivity index (χ1n) is 5.36. The Bertz CT molecular complexity index is 364. The summed E-state index contributed by atoms with van der Waals surface area (Å²) in [7, 11) is 0. The first-order valence-corrected chi connectivity index (χ1v) is 5.36. The molecule has 0 saturated carbocycles. The molecule has 0 bridgehead atoms. The Kier molecular flexibility index (Phi) is 5.73. The van der Waals surface area contributed by atoms with E-state index in [1.54, 1.807) is 0 Å². The van der Waals surface area contributed by atoms with Crippen molar-refractivity contribution in [2.45, 2.75) is 12.6 Å². The Morgan fingerprint density at radius 1 is 1.47 bits per heavy atom. The molecule has 1 atom stereocenters. The van der Waals surface area contributed by atoms with Gasteiger partial charge in [-0.3, -0.25) is 4.90 Å². The van der Waals surface area contributed by atoms with Crippen LogP contribution in [0.5, 0.6) is 0 Å². The third kappa shape index (κ3) is 4.17. The molecule has 0 amide bonds. The van der Waals surface area contributed by atoms with Crippen LogP contribution in [0.1, 0.15) is 6.99 Å². The Morgan fingerprint density at radius 3 is 2.82 bits per heavy atom. The van der Waals surface area contributed by atoms with E-state index in [1.165, 1.54) is 5.56 Å². The Labute approximate surface area is 114 Å². The Hall–Kier alpha value is -0.793. The first-order chi connectivity index (χ1) is 7.75. The van der Waals surface area contributed by atoms with E-state index in [0.29, 0.717) is 13.2 Å². The normalized spacial score (nSPS) is 20.6. The molecule has 5 heteroatoms. The van der Waals surface area contributed by atoms with Crippen molar-refractivity contribution >= 4 is 5.97 Å². The van der Waals surface area contributed by atoms with Crippen LogP contribution in [0.3, 0.4) is 0 Å². The van der Waals surface area contributed by atoms with E-state index in [1.807, 2.05) is 30.3 Å². The van der Waals surface area contributed by atoms with Crippen molar-refractivity contribution in [1.82, 2.24) is 4.90 Å². The average Bonchev–Trinajstić information content (AvgIpc) is 2.30. The topological polar surface area (TPSA) is 49.8 Å². The molecule has 1 aromatic rings. The van der Waals surface area contributed by atoms with Crippen molar-refractivity contribution in [2.24, 2.45) is 0 Å². The van der Waals surface area contributed by atoms with Gasteiger partial charge in [0.2, 0.25) is 0 Å². The summed E-state index contributed by atoms with van der Waals surface area (Å²) in [5.41, 5.74) is 1.20. The summed E-state index contributed by atoms with van der Waals surface area (Å²) >= 11 is 0. The Balaban J connectivity index is 0.00000144. The minimum absolute atomic E-state index is 0. The number of benzene rings is 1. The molecule has 0 aliphatic carbocycles. The van der Waals surface area contributed by atoms with Gasteiger partial charge in [-0.25, -0.2) is 4.79 Å². The fourth-order valence-electron chi connectivity index (χ4n) is 1.84. The van der Waals surface area contributed by atoms with Crippen LogP contribution in [0.4, 0.5) is 0 Å². The number of nitrogens with zero attached hydrogens (tertiary/aromatic N) is 1. The summed E-state index contributed by atoms with van der Waals surface area (Å²) in [6.45, 7) is 2.53. The van der Waals surface area contributed by atoms with Crippen molar-refractivity contribution in [3.63, 3.8) is 0 Å². The van der Waals surface area contributed by atoms with Gasteiger partial charge in [-0.05, 0) is 5.56 Å². The van der Waals surface area contributed by atoms with Crippen LogP contribution in [0.15, 0.2) is 30.3 Å². The van der Waals surface area contributed by atoms with Gasteiger partial charge in [0.1, 0.15) is 0 Å². The number of ether oxygens (including phenoxy) is 1. The van der Waals surface area contributed by atoms with Crippen LogP contribution in [0.2, 0.25) is 0 Å². The monoisotopic (exact) mass is 229 g/mol. The van der Waals surface area contributed by atoms with E-state index >= 15 is 0 Å². The first kappa shape index (κ1) is 14.3. The van der Waals surface area contributed by atoms with Gasteiger partial charge < -0.3 is 11.3 Å². The minimum Gasteiger partial charge on any atom is -1.00 e. The van der Waals surface area contributed by atoms with Gasteiger partial charge in [0.05, 0.1) is 6.61 Å². The molecule has 4 nitrogen and oxygen atoms in total. The minimum atomic E-state index is -0.877. The number of hydrogen-bond donors (Lipinski definition) is 1. The van der Waals surface area contributed by atoms with Crippen LogP contribution >= 0.6 is 0 Å². The summed E-state index contributed by atoms with van der Waals surface area (Å²) in [5.74, 6) is -0.877. The van der Waals surface area contributed by atoms with Crippen LogP contribution in [-0.4, -0.2) is 41.8 Å². The quantitative estimate of drug-likeness (QED) is 0.614. The number of aliphatic carboxylic acids is 1. The zero-order chi connectivity index (χ0) is 11.4. The van der Waals surface area contributed by atoms with Crippen molar-refractivity contribution in [2.75, 3.05) is 19.7 Å². The van der Waals surface area contributed by atoms with E-state index < -0.39 is 12.1 Å². The van der Waals surface area contributed by atoms with Gasteiger partial charge in [0.15, 0.2) is 6.10 Å². The number of carboxylic acid groups (broad SMARTS) is 1. The zero-order valence-corrected chi connectivity index (χ0v) is 10.0. The molecule has 0 aromatic heterocycles. The van der Waals surface area contributed by atoms with E-state index in [0.717, 1.165) is 13.1 Å². The summed E-state index contributed by atoms with van der Waals surface area (Å²) < 4.78 is 5.17. The van der Waals surface area contributed by atoms with Gasteiger partial charge in [-0.2, -0.15) is 0 Å². The molecule has 1 unspecified atom stereocenters. The predicted molar refractivity (Wildman–Crippen MR) is 60.2 cm³/mol. The molecular weight excluding hydrogens is 213 g/mol. The van der Waals surface area contributed by atoms with Crippen LogP contribution in [0, 0.1) is 0 Å². The summed E-state index contributed by atoms with van der Waals surface area (Å²) in [6, 6.07) is 10.0. The second kappa shape index (κ2) is 6.83. The third-order valence-corrected chi connectivity index (χ3v) is 2.68.